The Balaban J connectivity index is 0.000000660. The van der Waals surface area contributed by atoms with Crippen LogP contribution >= 0.6 is 0 Å². The molecule has 1 aliphatic rings. The molecule has 0 unspecified atom stereocenters. The van der Waals surface area contributed by atoms with E-state index in [1.54, 1.807) is 13.8 Å². The minimum absolute atomic E-state index is 0. The average Bonchev–Trinajstić information content (AvgIpc) is 2.29. The van der Waals surface area contributed by atoms with Crippen molar-refractivity contribution in [1.29, 1.82) is 0 Å². The third kappa shape index (κ3) is 3.05. The van der Waals surface area contributed by atoms with E-state index in [2.05, 4.69) is 19.2 Å². The summed E-state index contributed by atoms with van der Waals surface area (Å²) in [5.74, 6) is -0.241. The van der Waals surface area contributed by atoms with E-state index in [4.69, 9.17) is 0 Å². The van der Waals surface area contributed by atoms with Crippen LogP contribution in [0, 0.1) is 19.7 Å². The van der Waals surface area contributed by atoms with Crippen LogP contribution in [0.5, 0.6) is 0 Å². The van der Waals surface area contributed by atoms with Crippen molar-refractivity contribution in [3.63, 3.8) is 0 Å². The van der Waals surface area contributed by atoms with Crippen LogP contribution in [0.25, 0.3) is 0 Å². The number of carbonyl (C=O) groups excluding carboxylic acids is 1. The molecule has 2 nitrogen and oxygen atoms in total. The first-order chi connectivity index (χ1) is 8.01. The minimum atomic E-state index is -0.217. The SMILES string of the molecule is CCC.Cc1cc2c(c(C)c1F)NC(=O)CC2.[HH]. The zero-order valence-corrected chi connectivity index (χ0v) is 11.0. The predicted octanol–water partition coefficient (Wildman–Crippen LogP) is 3.99. The van der Waals surface area contributed by atoms with Crippen molar-refractivity contribution in [2.24, 2.45) is 0 Å². The number of halogens is 1. The van der Waals surface area contributed by atoms with Crippen molar-refractivity contribution >= 4 is 11.6 Å². The summed E-state index contributed by atoms with van der Waals surface area (Å²) in [6.07, 6.45) is 2.46. The number of fused-ring (bicyclic) bond motifs is 1. The number of amides is 1. The molecule has 0 radical (unpaired) electrons. The number of hydrogen-bond donors (Lipinski definition) is 1. The Labute approximate surface area is 104 Å². The molecule has 0 atom stereocenters. The highest BCUT2D eigenvalue weighted by atomic mass is 19.1. The molecule has 1 heterocycles. The van der Waals surface area contributed by atoms with Gasteiger partial charge in [-0.15, -0.1) is 0 Å². The van der Waals surface area contributed by atoms with Gasteiger partial charge in [0.1, 0.15) is 5.82 Å². The Morgan fingerprint density at radius 3 is 2.53 bits per heavy atom. The molecule has 17 heavy (non-hydrogen) atoms. The maximum absolute atomic E-state index is 13.5. The normalized spacial score (nSPS) is 13.4. The number of hydrogen-bond acceptors (Lipinski definition) is 1. The number of benzene rings is 1. The lowest BCUT2D eigenvalue weighted by molar-refractivity contribution is -0.116. The second-order valence-electron chi connectivity index (χ2n) is 4.42. The van der Waals surface area contributed by atoms with E-state index in [1.807, 2.05) is 6.07 Å². The molecule has 0 aliphatic carbocycles. The highest BCUT2D eigenvalue weighted by molar-refractivity contribution is 5.94. The monoisotopic (exact) mass is 239 g/mol. The van der Waals surface area contributed by atoms with Crippen LogP contribution in [-0.4, -0.2) is 5.91 Å². The van der Waals surface area contributed by atoms with Gasteiger partial charge in [0.05, 0.1) is 0 Å². The molecule has 3 heteroatoms. The molecule has 1 aromatic rings. The summed E-state index contributed by atoms with van der Waals surface area (Å²) in [4.78, 5) is 11.1. The molecule has 1 amide bonds. The lowest BCUT2D eigenvalue weighted by Gasteiger charge is -2.20. The molecular formula is C14H22FNO. The number of rotatable bonds is 0. The summed E-state index contributed by atoms with van der Waals surface area (Å²) in [5.41, 5.74) is 2.91. The number of aryl methyl sites for hydroxylation is 2. The fraction of sp³-hybridized carbons (Fsp3) is 0.500. The lowest BCUT2D eigenvalue weighted by atomic mass is 9.96. The van der Waals surface area contributed by atoms with Crippen LogP contribution in [0.15, 0.2) is 6.07 Å². The van der Waals surface area contributed by atoms with Gasteiger partial charge >= 0.3 is 0 Å². The molecule has 0 bridgehead atoms. The van der Waals surface area contributed by atoms with Gasteiger partial charge in [0.15, 0.2) is 0 Å². The van der Waals surface area contributed by atoms with E-state index < -0.39 is 0 Å². The summed E-state index contributed by atoms with van der Waals surface area (Å²) in [6, 6.07) is 1.82. The molecule has 1 aromatic carbocycles. The first-order valence-electron chi connectivity index (χ1n) is 6.09. The van der Waals surface area contributed by atoms with Gasteiger partial charge in [0, 0.05) is 19.1 Å². The van der Waals surface area contributed by atoms with Crippen LogP contribution in [0.3, 0.4) is 0 Å². The van der Waals surface area contributed by atoms with E-state index in [0.29, 0.717) is 29.7 Å². The van der Waals surface area contributed by atoms with Gasteiger partial charge in [0.2, 0.25) is 5.91 Å². The zero-order chi connectivity index (χ0) is 13.0. The van der Waals surface area contributed by atoms with Gasteiger partial charge in [-0.05, 0) is 31.4 Å². The van der Waals surface area contributed by atoms with Crippen LogP contribution in [0.4, 0.5) is 10.1 Å². The van der Waals surface area contributed by atoms with E-state index in [0.717, 1.165) is 5.56 Å². The van der Waals surface area contributed by atoms with Crippen molar-refractivity contribution in [2.45, 2.75) is 47.0 Å². The first-order valence-corrected chi connectivity index (χ1v) is 6.09. The standard InChI is InChI=1S/C11H12FNO.C3H8.H2/c1-6-5-8-3-4-9(14)13-11(8)7(2)10(6)12;1-3-2;/h5H,3-4H2,1-2H3,(H,13,14);3H2,1-2H3;1H. The largest absolute Gasteiger partial charge is 0.325 e. The van der Waals surface area contributed by atoms with Crippen molar-refractivity contribution < 1.29 is 10.6 Å². The molecule has 0 saturated carbocycles. The van der Waals surface area contributed by atoms with Gasteiger partial charge in [-0.25, -0.2) is 4.39 Å². The van der Waals surface area contributed by atoms with Crippen LogP contribution in [0.1, 0.15) is 44.8 Å². The minimum Gasteiger partial charge on any atom is -0.325 e. The highest BCUT2D eigenvalue weighted by Crippen LogP contribution is 2.29. The Morgan fingerprint density at radius 2 is 1.94 bits per heavy atom. The van der Waals surface area contributed by atoms with Crippen LogP contribution in [0.2, 0.25) is 0 Å². The third-order valence-electron chi connectivity index (χ3n) is 2.65. The van der Waals surface area contributed by atoms with Crippen LogP contribution < -0.4 is 5.32 Å². The summed E-state index contributed by atoms with van der Waals surface area (Å²) >= 11 is 0. The van der Waals surface area contributed by atoms with E-state index in [9.17, 15) is 9.18 Å². The zero-order valence-electron chi connectivity index (χ0n) is 11.0. The number of nitrogens with one attached hydrogen (secondary N) is 1. The first kappa shape index (κ1) is 13.7. The molecular weight excluding hydrogens is 217 g/mol. The quantitative estimate of drug-likeness (QED) is 0.728. The molecule has 0 saturated heterocycles. The van der Waals surface area contributed by atoms with Crippen molar-refractivity contribution in [3.8, 4) is 0 Å². The van der Waals surface area contributed by atoms with Gasteiger partial charge in [-0.3, -0.25) is 4.79 Å². The Hall–Kier alpha value is -1.38. The Kier molecular flexibility index (Phi) is 4.67. The van der Waals surface area contributed by atoms with Crippen molar-refractivity contribution in [1.82, 2.24) is 0 Å². The van der Waals surface area contributed by atoms with Crippen molar-refractivity contribution in [3.05, 3.63) is 28.6 Å². The maximum Gasteiger partial charge on any atom is 0.224 e. The average molecular weight is 239 g/mol. The van der Waals surface area contributed by atoms with E-state index >= 15 is 0 Å². The fourth-order valence-electron chi connectivity index (χ4n) is 1.86. The van der Waals surface area contributed by atoms with Crippen molar-refractivity contribution in [2.75, 3.05) is 5.32 Å². The van der Waals surface area contributed by atoms with Gasteiger partial charge < -0.3 is 5.32 Å². The second-order valence-corrected chi connectivity index (χ2v) is 4.42. The topological polar surface area (TPSA) is 29.1 Å². The van der Waals surface area contributed by atoms with Gasteiger partial charge in [0.25, 0.3) is 0 Å². The number of anilines is 1. The molecule has 96 valence electrons. The predicted molar refractivity (Wildman–Crippen MR) is 70.9 cm³/mol. The Morgan fingerprint density at radius 1 is 1.35 bits per heavy atom. The summed E-state index contributed by atoms with van der Waals surface area (Å²) in [7, 11) is 0. The summed E-state index contributed by atoms with van der Waals surface area (Å²) < 4.78 is 13.5. The maximum atomic E-state index is 13.5. The molecule has 1 N–H and O–H groups in total. The van der Waals surface area contributed by atoms with Gasteiger partial charge in [-0.2, -0.15) is 0 Å². The van der Waals surface area contributed by atoms with E-state index in [1.165, 1.54) is 6.42 Å². The lowest BCUT2D eigenvalue weighted by Crippen LogP contribution is -2.20. The molecule has 0 spiro atoms. The molecule has 2 rings (SSSR count). The molecule has 0 aromatic heterocycles. The van der Waals surface area contributed by atoms with Gasteiger partial charge in [-0.1, -0.05) is 26.3 Å². The number of carbonyl (C=O) groups is 1. The molecule has 0 fully saturated rings. The molecule has 1 aliphatic heterocycles. The fourth-order valence-corrected chi connectivity index (χ4v) is 1.86. The van der Waals surface area contributed by atoms with E-state index in [-0.39, 0.29) is 13.2 Å². The highest BCUT2D eigenvalue weighted by Gasteiger charge is 2.19. The second kappa shape index (κ2) is 5.80. The smallest absolute Gasteiger partial charge is 0.224 e. The van der Waals surface area contributed by atoms with Crippen LogP contribution in [-0.2, 0) is 11.2 Å². The third-order valence-corrected chi connectivity index (χ3v) is 2.65. The summed E-state index contributed by atoms with van der Waals surface area (Å²) in [5, 5.41) is 2.72. The Bertz CT molecular complexity index is 432. The summed E-state index contributed by atoms with van der Waals surface area (Å²) in [6.45, 7) is 7.70.